The van der Waals surface area contributed by atoms with Crippen molar-refractivity contribution in [2.75, 3.05) is 17.2 Å². The molecule has 0 unspecified atom stereocenters. The van der Waals surface area contributed by atoms with Gasteiger partial charge in [-0.3, -0.25) is 4.79 Å². The SMILES string of the molecule is Cc1cccc(-n2nnc(C(=O)N3CCCc4c(N)cccc43)c2C)c1.Cl. The fraction of sp³-hybridized carbons (Fsp3) is 0.250. The van der Waals surface area contributed by atoms with Crippen LogP contribution >= 0.6 is 12.4 Å². The largest absolute Gasteiger partial charge is 0.398 e. The minimum atomic E-state index is -0.132. The van der Waals surface area contributed by atoms with E-state index in [1.165, 1.54) is 0 Å². The van der Waals surface area contributed by atoms with Crippen molar-refractivity contribution in [3.05, 3.63) is 65.0 Å². The fourth-order valence-corrected chi connectivity index (χ4v) is 3.52. The topological polar surface area (TPSA) is 77.0 Å². The molecule has 0 saturated carbocycles. The highest BCUT2D eigenvalue weighted by molar-refractivity contribution is 6.06. The highest BCUT2D eigenvalue weighted by Crippen LogP contribution is 2.32. The summed E-state index contributed by atoms with van der Waals surface area (Å²) in [6.45, 7) is 4.56. The van der Waals surface area contributed by atoms with E-state index in [1.54, 1.807) is 9.58 Å². The third-order valence-corrected chi connectivity index (χ3v) is 4.88. The molecule has 0 radical (unpaired) electrons. The van der Waals surface area contributed by atoms with Crippen LogP contribution < -0.4 is 10.6 Å². The van der Waals surface area contributed by atoms with Crippen molar-refractivity contribution in [2.24, 2.45) is 0 Å². The van der Waals surface area contributed by atoms with Gasteiger partial charge in [0.2, 0.25) is 0 Å². The van der Waals surface area contributed by atoms with Crippen LogP contribution in [0.25, 0.3) is 5.69 Å². The smallest absolute Gasteiger partial charge is 0.280 e. The van der Waals surface area contributed by atoms with Gasteiger partial charge in [0.25, 0.3) is 5.91 Å². The number of rotatable bonds is 2. The number of anilines is 2. The lowest BCUT2D eigenvalue weighted by Gasteiger charge is -2.29. The molecule has 140 valence electrons. The molecule has 0 spiro atoms. The Balaban J connectivity index is 0.00000210. The molecule has 0 aliphatic carbocycles. The van der Waals surface area contributed by atoms with Gasteiger partial charge in [-0.2, -0.15) is 0 Å². The van der Waals surface area contributed by atoms with Crippen LogP contribution in [0.15, 0.2) is 42.5 Å². The number of nitrogens with zero attached hydrogens (tertiary/aromatic N) is 4. The summed E-state index contributed by atoms with van der Waals surface area (Å²) < 4.78 is 1.71. The van der Waals surface area contributed by atoms with E-state index < -0.39 is 0 Å². The van der Waals surface area contributed by atoms with E-state index in [2.05, 4.69) is 10.3 Å². The molecule has 4 rings (SSSR count). The molecule has 7 heteroatoms. The predicted molar refractivity (Wildman–Crippen MR) is 109 cm³/mol. The lowest BCUT2D eigenvalue weighted by Crippen LogP contribution is -2.36. The lowest BCUT2D eigenvalue weighted by molar-refractivity contribution is 0.0979. The maximum atomic E-state index is 13.2. The van der Waals surface area contributed by atoms with Crippen molar-refractivity contribution < 1.29 is 4.79 Å². The predicted octanol–water partition coefficient (Wildman–Crippen LogP) is 3.48. The third-order valence-electron chi connectivity index (χ3n) is 4.88. The van der Waals surface area contributed by atoms with Crippen molar-refractivity contribution in [3.63, 3.8) is 0 Å². The number of carbonyl (C=O) groups excluding carboxylic acids is 1. The number of hydrogen-bond donors (Lipinski definition) is 1. The number of nitrogen functional groups attached to an aromatic ring is 1. The van der Waals surface area contributed by atoms with E-state index >= 15 is 0 Å². The van der Waals surface area contributed by atoms with Crippen molar-refractivity contribution in [1.29, 1.82) is 0 Å². The Bertz CT molecular complexity index is 998. The summed E-state index contributed by atoms with van der Waals surface area (Å²) >= 11 is 0. The van der Waals surface area contributed by atoms with E-state index in [9.17, 15) is 4.79 Å². The molecule has 0 bridgehead atoms. The summed E-state index contributed by atoms with van der Waals surface area (Å²) in [5, 5.41) is 8.39. The molecule has 0 atom stereocenters. The molecule has 2 aromatic carbocycles. The van der Waals surface area contributed by atoms with Gasteiger partial charge in [-0.05, 0) is 62.1 Å². The standard InChI is InChI=1S/C20H21N5O.ClH/c1-13-6-3-7-15(12-13)25-14(2)19(22-23-25)20(26)24-11-5-8-16-17(21)9-4-10-18(16)24;/h3-4,6-7,9-10,12H,5,8,11,21H2,1-2H3;1H. The maximum absolute atomic E-state index is 13.2. The first kappa shape index (κ1) is 18.9. The Kier molecular flexibility index (Phi) is 5.19. The summed E-state index contributed by atoms with van der Waals surface area (Å²) in [6, 6.07) is 13.7. The number of fused-ring (bicyclic) bond motifs is 1. The average Bonchev–Trinajstić information content (AvgIpc) is 3.02. The minimum Gasteiger partial charge on any atom is -0.398 e. The molecule has 0 fully saturated rings. The van der Waals surface area contributed by atoms with Gasteiger partial charge in [0, 0.05) is 17.9 Å². The first-order valence-corrected chi connectivity index (χ1v) is 8.75. The van der Waals surface area contributed by atoms with Crippen LogP contribution in [0.5, 0.6) is 0 Å². The summed E-state index contributed by atoms with van der Waals surface area (Å²) in [6.07, 6.45) is 1.78. The monoisotopic (exact) mass is 383 g/mol. The van der Waals surface area contributed by atoms with Gasteiger partial charge in [0.05, 0.1) is 11.4 Å². The van der Waals surface area contributed by atoms with Crippen molar-refractivity contribution in [2.45, 2.75) is 26.7 Å². The quantitative estimate of drug-likeness (QED) is 0.687. The Labute approximate surface area is 164 Å². The first-order valence-electron chi connectivity index (χ1n) is 8.75. The van der Waals surface area contributed by atoms with E-state index in [1.807, 2.05) is 56.3 Å². The molecule has 2 heterocycles. The molecule has 1 amide bonds. The molecule has 2 N–H and O–H groups in total. The number of halogens is 1. The molecule has 1 aromatic heterocycles. The zero-order valence-corrected chi connectivity index (χ0v) is 16.2. The van der Waals surface area contributed by atoms with Gasteiger partial charge >= 0.3 is 0 Å². The van der Waals surface area contributed by atoms with Crippen molar-refractivity contribution >= 4 is 29.7 Å². The first-order chi connectivity index (χ1) is 12.6. The highest BCUT2D eigenvalue weighted by Gasteiger charge is 2.28. The molecular formula is C20H22ClN5O. The van der Waals surface area contributed by atoms with Crippen molar-refractivity contribution in [1.82, 2.24) is 15.0 Å². The Morgan fingerprint density at radius 2 is 1.93 bits per heavy atom. The molecule has 3 aromatic rings. The molecule has 1 aliphatic rings. The van der Waals surface area contributed by atoms with Gasteiger partial charge < -0.3 is 10.6 Å². The van der Waals surface area contributed by atoms with E-state index in [-0.39, 0.29) is 18.3 Å². The van der Waals surface area contributed by atoms with E-state index in [4.69, 9.17) is 5.73 Å². The average molecular weight is 384 g/mol. The zero-order valence-electron chi connectivity index (χ0n) is 15.3. The Morgan fingerprint density at radius 1 is 1.15 bits per heavy atom. The van der Waals surface area contributed by atoms with Crippen LogP contribution in [0, 0.1) is 13.8 Å². The number of aromatic nitrogens is 3. The molecule has 0 saturated heterocycles. The Morgan fingerprint density at radius 3 is 2.70 bits per heavy atom. The Hall–Kier alpha value is -2.86. The fourth-order valence-electron chi connectivity index (χ4n) is 3.52. The number of nitrogens with two attached hydrogens (primary N) is 1. The minimum absolute atomic E-state index is 0. The second-order valence-corrected chi connectivity index (χ2v) is 6.68. The molecule has 1 aliphatic heterocycles. The van der Waals surface area contributed by atoms with Gasteiger partial charge in [0.15, 0.2) is 5.69 Å². The zero-order chi connectivity index (χ0) is 18.3. The lowest BCUT2D eigenvalue weighted by atomic mass is 9.99. The second-order valence-electron chi connectivity index (χ2n) is 6.68. The van der Waals surface area contributed by atoms with Crippen LogP contribution in [0.4, 0.5) is 11.4 Å². The normalized spacial score (nSPS) is 13.0. The third kappa shape index (κ3) is 3.28. The van der Waals surface area contributed by atoms with Crippen LogP contribution in [-0.2, 0) is 6.42 Å². The number of hydrogen-bond acceptors (Lipinski definition) is 4. The van der Waals surface area contributed by atoms with Crippen LogP contribution in [0.2, 0.25) is 0 Å². The summed E-state index contributed by atoms with van der Waals surface area (Å²) in [5.41, 5.74) is 11.9. The van der Waals surface area contributed by atoms with Crippen LogP contribution in [0.3, 0.4) is 0 Å². The second kappa shape index (κ2) is 7.40. The summed E-state index contributed by atoms with van der Waals surface area (Å²) in [7, 11) is 0. The summed E-state index contributed by atoms with van der Waals surface area (Å²) in [5.74, 6) is -0.132. The number of aryl methyl sites for hydroxylation is 1. The molecular weight excluding hydrogens is 362 g/mol. The number of carbonyl (C=O) groups is 1. The van der Waals surface area contributed by atoms with E-state index in [0.29, 0.717) is 12.2 Å². The van der Waals surface area contributed by atoms with Gasteiger partial charge in [0.1, 0.15) is 0 Å². The van der Waals surface area contributed by atoms with Crippen LogP contribution in [0.1, 0.15) is 33.7 Å². The number of benzene rings is 2. The van der Waals surface area contributed by atoms with Gasteiger partial charge in [-0.1, -0.05) is 23.4 Å². The van der Waals surface area contributed by atoms with E-state index in [0.717, 1.165) is 46.7 Å². The highest BCUT2D eigenvalue weighted by atomic mass is 35.5. The number of amides is 1. The molecule has 27 heavy (non-hydrogen) atoms. The van der Waals surface area contributed by atoms with Gasteiger partial charge in [-0.15, -0.1) is 17.5 Å². The maximum Gasteiger partial charge on any atom is 0.280 e. The van der Waals surface area contributed by atoms with Gasteiger partial charge in [-0.25, -0.2) is 4.68 Å². The van der Waals surface area contributed by atoms with Crippen molar-refractivity contribution in [3.8, 4) is 5.69 Å². The molecule has 6 nitrogen and oxygen atoms in total. The summed E-state index contributed by atoms with van der Waals surface area (Å²) in [4.78, 5) is 14.9. The van der Waals surface area contributed by atoms with Crippen LogP contribution in [-0.4, -0.2) is 27.4 Å².